The molecule has 3 rings (SSSR count). The van der Waals surface area contributed by atoms with Crippen molar-refractivity contribution >= 4 is 23.0 Å². The third-order valence-corrected chi connectivity index (χ3v) is 2.96. The van der Waals surface area contributed by atoms with Crippen LogP contribution < -0.4 is 28.2 Å². The molecule has 110 valence electrons. The van der Waals surface area contributed by atoms with E-state index in [0.29, 0.717) is 9.69 Å². The van der Waals surface area contributed by atoms with E-state index >= 15 is 0 Å². The van der Waals surface area contributed by atoms with Crippen molar-refractivity contribution in [3.63, 3.8) is 0 Å². The van der Waals surface area contributed by atoms with Gasteiger partial charge in [0.25, 0.3) is 11.8 Å². The highest BCUT2D eigenvalue weighted by Gasteiger charge is 2.37. The summed E-state index contributed by atoms with van der Waals surface area (Å²) in [5.41, 5.74) is 4.59. The topological polar surface area (TPSA) is 179 Å². The number of hydrazine groups is 1. The summed E-state index contributed by atoms with van der Waals surface area (Å²) < 4.78 is 0.389. The zero-order valence-electron chi connectivity index (χ0n) is 10.3. The van der Waals surface area contributed by atoms with Gasteiger partial charge in [0.15, 0.2) is 5.52 Å². The lowest BCUT2D eigenvalue weighted by molar-refractivity contribution is -0.137. The Morgan fingerprint density at radius 2 is 1.81 bits per heavy atom. The van der Waals surface area contributed by atoms with Gasteiger partial charge in [-0.25, -0.2) is 15.1 Å². The molecule has 0 aliphatic carbocycles. The van der Waals surface area contributed by atoms with Crippen molar-refractivity contribution < 1.29 is 9.59 Å². The highest BCUT2D eigenvalue weighted by Crippen LogP contribution is 2.08. The Hall–Kier alpha value is -3.15. The molecule has 1 fully saturated rings. The van der Waals surface area contributed by atoms with E-state index in [1.165, 1.54) is 0 Å². The van der Waals surface area contributed by atoms with Gasteiger partial charge in [-0.2, -0.15) is 5.01 Å². The number of aromatic nitrogens is 4. The third kappa shape index (κ3) is 1.85. The van der Waals surface area contributed by atoms with Gasteiger partial charge >= 0.3 is 16.9 Å². The first kappa shape index (κ1) is 12.9. The fourth-order valence-electron chi connectivity index (χ4n) is 1.96. The molecule has 6 N–H and O–H groups in total. The summed E-state index contributed by atoms with van der Waals surface area (Å²) in [7, 11) is 0. The molecule has 0 radical (unpaired) electrons. The minimum atomic E-state index is -1.03. The number of carbonyl (C=O) groups excluding carboxylic acids is 2. The van der Waals surface area contributed by atoms with Crippen LogP contribution in [0.3, 0.4) is 0 Å². The molecule has 1 unspecified atom stereocenters. The average molecular weight is 295 g/mol. The first-order valence-corrected chi connectivity index (χ1v) is 5.75. The highest BCUT2D eigenvalue weighted by molar-refractivity contribution is 6.05. The van der Waals surface area contributed by atoms with Crippen LogP contribution >= 0.6 is 0 Å². The van der Waals surface area contributed by atoms with E-state index in [-0.39, 0.29) is 17.6 Å². The molecule has 0 bridgehead atoms. The lowest BCUT2D eigenvalue weighted by Crippen LogP contribution is -2.51. The van der Waals surface area contributed by atoms with Crippen LogP contribution in [0.2, 0.25) is 0 Å². The van der Waals surface area contributed by atoms with Crippen molar-refractivity contribution in [2.24, 2.45) is 5.73 Å². The fourth-order valence-corrected chi connectivity index (χ4v) is 1.96. The highest BCUT2D eigenvalue weighted by atomic mass is 16.2. The number of fused-ring (bicyclic) bond motifs is 1. The largest absolute Gasteiger partial charge is 0.350 e. The van der Waals surface area contributed by atoms with E-state index in [1.807, 2.05) is 0 Å². The fraction of sp³-hybridized carbons (Fsp3) is 0.222. The van der Waals surface area contributed by atoms with Crippen LogP contribution in [0.5, 0.6) is 0 Å². The molecule has 1 aliphatic rings. The molecule has 12 nitrogen and oxygen atoms in total. The predicted octanol–water partition coefficient (Wildman–Crippen LogP) is -3.75. The Kier molecular flexibility index (Phi) is 2.56. The number of imide groups is 1. The van der Waals surface area contributed by atoms with Crippen LogP contribution in [0.25, 0.3) is 11.2 Å². The number of carbonyl (C=O) groups is 2. The molecule has 0 saturated carbocycles. The molecule has 21 heavy (non-hydrogen) atoms. The number of rotatable bonds is 2. The smallest absolute Gasteiger partial charge is 0.319 e. The third-order valence-electron chi connectivity index (χ3n) is 2.96. The molecule has 0 aromatic carbocycles. The summed E-state index contributed by atoms with van der Waals surface area (Å²) >= 11 is 0. The Morgan fingerprint density at radius 3 is 2.43 bits per heavy atom. The SMILES string of the molecule is NC1CC(=O)N(Nn2c(=O)[nH]c3[nH]c(=O)[nH]c3c2=O)C1=O. The van der Waals surface area contributed by atoms with Gasteiger partial charge in [0.05, 0.1) is 12.5 Å². The van der Waals surface area contributed by atoms with Crippen LogP contribution in [-0.4, -0.2) is 42.5 Å². The molecular formula is C9H9N7O5. The van der Waals surface area contributed by atoms with Crippen molar-refractivity contribution in [3.8, 4) is 0 Å². The second-order valence-electron chi connectivity index (χ2n) is 4.38. The molecule has 3 heterocycles. The lowest BCUT2D eigenvalue weighted by atomic mass is 10.3. The van der Waals surface area contributed by atoms with Crippen molar-refractivity contribution in [1.29, 1.82) is 0 Å². The molecule has 0 spiro atoms. The van der Waals surface area contributed by atoms with Gasteiger partial charge in [-0.05, 0) is 0 Å². The van der Waals surface area contributed by atoms with E-state index in [1.54, 1.807) is 0 Å². The second-order valence-corrected chi connectivity index (χ2v) is 4.38. The van der Waals surface area contributed by atoms with E-state index < -0.39 is 34.8 Å². The van der Waals surface area contributed by atoms with Gasteiger partial charge in [0.1, 0.15) is 5.65 Å². The van der Waals surface area contributed by atoms with Crippen molar-refractivity contribution in [2.45, 2.75) is 12.5 Å². The minimum Gasteiger partial charge on any atom is -0.319 e. The van der Waals surface area contributed by atoms with Gasteiger partial charge in [0.2, 0.25) is 0 Å². The quantitative estimate of drug-likeness (QED) is 0.353. The monoisotopic (exact) mass is 295 g/mol. The number of amides is 2. The Bertz CT molecular complexity index is 930. The van der Waals surface area contributed by atoms with Gasteiger partial charge in [-0.15, -0.1) is 4.68 Å². The summed E-state index contributed by atoms with van der Waals surface area (Å²) in [6.07, 6.45) is -0.234. The summed E-state index contributed by atoms with van der Waals surface area (Å²) in [6.45, 7) is 0. The van der Waals surface area contributed by atoms with Gasteiger partial charge < -0.3 is 5.73 Å². The summed E-state index contributed by atoms with van der Waals surface area (Å²) in [4.78, 5) is 64.8. The molecule has 1 atom stereocenters. The molecule has 1 saturated heterocycles. The summed E-state index contributed by atoms with van der Waals surface area (Å²) in [6, 6.07) is -1.03. The van der Waals surface area contributed by atoms with Crippen molar-refractivity contribution in [1.82, 2.24) is 24.6 Å². The van der Waals surface area contributed by atoms with Crippen molar-refractivity contribution in [2.75, 3.05) is 5.53 Å². The molecular weight excluding hydrogens is 286 g/mol. The second kappa shape index (κ2) is 4.17. The molecule has 2 aromatic heterocycles. The Balaban J connectivity index is 2.11. The van der Waals surface area contributed by atoms with E-state index in [2.05, 4.69) is 20.5 Å². The first-order valence-electron chi connectivity index (χ1n) is 5.75. The van der Waals surface area contributed by atoms with Crippen LogP contribution in [0, 0.1) is 0 Å². The maximum atomic E-state index is 12.1. The molecule has 2 amide bonds. The average Bonchev–Trinajstić information content (AvgIpc) is 2.88. The molecule has 1 aliphatic heterocycles. The van der Waals surface area contributed by atoms with Gasteiger partial charge in [0, 0.05) is 0 Å². The number of nitrogens with one attached hydrogen (secondary N) is 4. The maximum absolute atomic E-state index is 12.1. The Morgan fingerprint density at radius 1 is 1.10 bits per heavy atom. The van der Waals surface area contributed by atoms with Crippen molar-refractivity contribution in [3.05, 3.63) is 31.3 Å². The van der Waals surface area contributed by atoms with Gasteiger partial charge in [-0.3, -0.25) is 29.3 Å². The standard InChI is InChI=1S/C9H9N7O5/c10-2-1-3(17)15(6(2)18)14-16-7(19)4-5(13-9(16)21)12-8(20)11-4/h2,14H,1,10H2,(H,13,21)(H2,11,12,20). The van der Waals surface area contributed by atoms with Crippen LogP contribution in [0.15, 0.2) is 14.4 Å². The molecule has 12 heteroatoms. The zero-order valence-corrected chi connectivity index (χ0v) is 10.3. The van der Waals surface area contributed by atoms with Crippen LogP contribution in [0.4, 0.5) is 0 Å². The number of hydrogen-bond acceptors (Lipinski definition) is 7. The number of aromatic amines is 3. The lowest BCUT2D eigenvalue weighted by Gasteiger charge is -2.16. The Labute approximate surface area is 113 Å². The number of hydrogen-bond donors (Lipinski definition) is 5. The van der Waals surface area contributed by atoms with E-state index in [0.717, 1.165) is 0 Å². The number of H-pyrrole nitrogens is 3. The van der Waals surface area contributed by atoms with Gasteiger partial charge in [-0.1, -0.05) is 0 Å². The van der Waals surface area contributed by atoms with E-state index in [9.17, 15) is 24.0 Å². The number of imidazole rings is 1. The normalized spacial score (nSPS) is 18.7. The predicted molar refractivity (Wildman–Crippen MR) is 67.6 cm³/mol. The van der Waals surface area contributed by atoms with Crippen LogP contribution in [-0.2, 0) is 9.59 Å². The summed E-state index contributed by atoms with van der Waals surface area (Å²) in [5.74, 6) is -1.45. The number of nitrogens with zero attached hydrogens (tertiary/aromatic N) is 2. The minimum absolute atomic E-state index is 0.0937. The van der Waals surface area contributed by atoms with Crippen LogP contribution in [0.1, 0.15) is 6.42 Å². The first-order chi connectivity index (χ1) is 9.88. The zero-order chi connectivity index (χ0) is 15.3. The van der Waals surface area contributed by atoms with E-state index in [4.69, 9.17) is 5.73 Å². The molecule has 2 aromatic rings. The maximum Gasteiger partial charge on any atom is 0.350 e. The summed E-state index contributed by atoms with van der Waals surface area (Å²) in [5, 5.41) is 0.484. The number of nitrogens with two attached hydrogens (primary N) is 1.